The van der Waals surface area contributed by atoms with Crippen LogP contribution in [0.15, 0.2) is 71.2 Å². The summed E-state index contributed by atoms with van der Waals surface area (Å²) in [5, 5.41) is 14.5. The van der Waals surface area contributed by atoms with Crippen LogP contribution in [-0.4, -0.2) is 39.5 Å². The highest BCUT2D eigenvalue weighted by atomic mass is 32.2. The van der Waals surface area contributed by atoms with Gasteiger partial charge in [-0.1, -0.05) is 72.4 Å². The molecule has 2 aromatic heterocycles. The average molecular weight is 493 g/mol. The molecule has 1 N–H and O–H groups in total. The predicted molar refractivity (Wildman–Crippen MR) is 135 cm³/mol. The number of ether oxygens (including phenoxy) is 1. The summed E-state index contributed by atoms with van der Waals surface area (Å²) in [6.07, 6.45) is 0.675. The van der Waals surface area contributed by atoms with Gasteiger partial charge in [-0.25, -0.2) is 4.79 Å². The van der Waals surface area contributed by atoms with Gasteiger partial charge in [0.1, 0.15) is 16.4 Å². The van der Waals surface area contributed by atoms with Gasteiger partial charge in [0.05, 0.1) is 12.9 Å². The summed E-state index contributed by atoms with van der Waals surface area (Å²) >= 11 is 2.62. The molecule has 9 heteroatoms. The van der Waals surface area contributed by atoms with Crippen molar-refractivity contribution < 1.29 is 14.3 Å². The number of amides is 1. The monoisotopic (exact) mass is 492 g/mol. The van der Waals surface area contributed by atoms with Gasteiger partial charge in [0.25, 0.3) is 0 Å². The van der Waals surface area contributed by atoms with Gasteiger partial charge in [0.2, 0.25) is 5.91 Å². The Bertz CT molecular complexity index is 1270. The van der Waals surface area contributed by atoms with E-state index < -0.39 is 5.97 Å². The van der Waals surface area contributed by atoms with Gasteiger partial charge in [-0.15, -0.1) is 21.5 Å². The Morgan fingerprint density at radius 1 is 1.06 bits per heavy atom. The Kier molecular flexibility index (Phi) is 7.76. The molecule has 0 unspecified atom stereocenters. The van der Waals surface area contributed by atoms with Gasteiger partial charge < -0.3 is 14.6 Å². The number of thiophene rings is 1. The Morgan fingerprint density at radius 3 is 2.44 bits per heavy atom. The molecular formula is C25H24N4O3S2. The minimum absolute atomic E-state index is 0.142. The van der Waals surface area contributed by atoms with E-state index in [1.165, 1.54) is 30.2 Å². The van der Waals surface area contributed by atoms with E-state index in [0.717, 1.165) is 22.5 Å². The Hall–Kier alpha value is -3.43. The van der Waals surface area contributed by atoms with Gasteiger partial charge >= 0.3 is 5.97 Å². The molecule has 0 aliphatic carbocycles. The zero-order valence-corrected chi connectivity index (χ0v) is 20.5. The second kappa shape index (κ2) is 11.1. The molecule has 4 aromatic rings. The summed E-state index contributed by atoms with van der Waals surface area (Å²) in [7, 11) is 1.33. The minimum Gasteiger partial charge on any atom is -0.465 e. The fourth-order valence-corrected chi connectivity index (χ4v) is 5.33. The van der Waals surface area contributed by atoms with E-state index in [-0.39, 0.29) is 11.7 Å². The van der Waals surface area contributed by atoms with Crippen LogP contribution in [0.25, 0.3) is 11.1 Å². The highest BCUT2D eigenvalue weighted by Gasteiger charge is 2.22. The van der Waals surface area contributed by atoms with Crippen molar-refractivity contribution in [1.29, 1.82) is 0 Å². The number of esters is 1. The van der Waals surface area contributed by atoms with E-state index in [2.05, 4.69) is 27.6 Å². The molecule has 2 aromatic carbocycles. The van der Waals surface area contributed by atoms with E-state index in [1.807, 2.05) is 65.4 Å². The standard InChI is InChI=1S/C25H24N4O3S2/c1-3-29-20(14-17-10-6-4-7-11-17)27-28-25(29)34-16-21(30)26-23-22(24(31)32-2)19(15-33-23)18-12-8-5-9-13-18/h4-13,15H,3,14,16H2,1-2H3,(H,26,30). The molecule has 0 fully saturated rings. The summed E-state index contributed by atoms with van der Waals surface area (Å²) in [5.41, 5.74) is 3.13. The summed E-state index contributed by atoms with van der Waals surface area (Å²) in [6.45, 7) is 2.73. The lowest BCUT2D eigenvalue weighted by Crippen LogP contribution is -2.16. The number of hydrogen-bond donors (Lipinski definition) is 1. The van der Waals surface area contributed by atoms with E-state index in [0.29, 0.717) is 28.7 Å². The molecule has 0 saturated carbocycles. The van der Waals surface area contributed by atoms with Crippen LogP contribution in [-0.2, 0) is 22.5 Å². The van der Waals surface area contributed by atoms with Crippen molar-refractivity contribution in [1.82, 2.24) is 14.8 Å². The second-order valence-corrected chi connectivity index (χ2v) is 9.18. The van der Waals surface area contributed by atoms with Crippen LogP contribution in [0.5, 0.6) is 0 Å². The maximum absolute atomic E-state index is 12.8. The smallest absolute Gasteiger partial charge is 0.341 e. The molecule has 7 nitrogen and oxygen atoms in total. The maximum atomic E-state index is 12.8. The third-order valence-corrected chi connectivity index (χ3v) is 7.03. The molecule has 0 radical (unpaired) electrons. The number of nitrogens with one attached hydrogen (secondary N) is 1. The van der Waals surface area contributed by atoms with Gasteiger partial charge in [-0.05, 0) is 18.1 Å². The number of benzene rings is 2. The topological polar surface area (TPSA) is 86.1 Å². The van der Waals surface area contributed by atoms with Crippen molar-refractivity contribution >= 4 is 40.0 Å². The highest BCUT2D eigenvalue weighted by molar-refractivity contribution is 7.99. The number of hydrogen-bond acceptors (Lipinski definition) is 7. The molecule has 0 spiro atoms. The molecule has 174 valence electrons. The number of carbonyl (C=O) groups excluding carboxylic acids is 2. The van der Waals surface area contributed by atoms with E-state index in [9.17, 15) is 9.59 Å². The summed E-state index contributed by atoms with van der Waals surface area (Å²) in [4.78, 5) is 25.3. The third-order valence-electron chi connectivity index (χ3n) is 5.17. The van der Waals surface area contributed by atoms with Crippen molar-refractivity contribution in [2.75, 3.05) is 18.2 Å². The SMILES string of the molecule is CCn1c(Cc2ccccc2)nnc1SCC(=O)Nc1scc(-c2ccccc2)c1C(=O)OC. The van der Waals surface area contributed by atoms with Crippen LogP contribution in [0, 0.1) is 0 Å². The zero-order chi connectivity index (χ0) is 23.9. The van der Waals surface area contributed by atoms with Crippen molar-refractivity contribution in [3.8, 4) is 11.1 Å². The van der Waals surface area contributed by atoms with Crippen LogP contribution < -0.4 is 5.32 Å². The number of thioether (sulfide) groups is 1. The van der Waals surface area contributed by atoms with Crippen LogP contribution in [0.4, 0.5) is 5.00 Å². The molecule has 0 aliphatic heterocycles. The Labute approximate surface area is 206 Å². The van der Waals surface area contributed by atoms with Crippen LogP contribution >= 0.6 is 23.1 Å². The van der Waals surface area contributed by atoms with Crippen molar-refractivity contribution in [3.63, 3.8) is 0 Å². The summed E-state index contributed by atoms with van der Waals surface area (Å²) in [6, 6.07) is 19.6. The Morgan fingerprint density at radius 2 is 1.76 bits per heavy atom. The molecule has 0 aliphatic rings. The minimum atomic E-state index is -0.487. The fourth-order valence-electron chi connectivity index (χ4n) is 3.53. The maximum Gasteiger partial charge on any atom is 0.341 e. The number of carbonyl (C=O) groups is 2. The van der Waals surface area contributed by atoms with Crippen molar-refractivity contribution in [2.45, 2.75) is 25.0 Å². The third kappa shape index (κ3) is 5.37. The fraction of sp³-hybridized carbons (Fsp3) is 0.200. The van der Waals surface area contributed by atoms with Gasteiger partial charge in [0.15, 0.2) is 5.16 Å². The van der Waals surface area contributed by atoms with E-state index in [4.69, 9.17) is 4.74 Å². The lowest BCUT2D eigenvalue weighted by molar-refractivity contribution is -0.113. The molecule has 0 saturated heterocycles. The molecule has 1 amide bonds. The first-order chi connectivity index (χ1) is 16.6. The number of anilines is 1. The molecular weight excluding hydrogens is 468 g/mol. The molecule has 34 heavy (non-hydrogen) atoms. The molecule has 0 bridgehead atoms. The summed E-state index contributed by atoms with van der Waals surface area (Å²) in [5.74, 6) is 0.282. The first-order valence-electron chi connectivity index (χ1n) is 10.7. The number of methoxy groups -OCH3 is 1. The number of aromatic nitrogens is 3. The number of rotatable bonds is 9. The van der Waals surface area contributed by atoms with Crippen LogP contribution in [0.1, 0.15) is 28.7 Å². The molecule has 2 heterocycles. The second-order valence-electron chi connectivity index (χ2n) is 7.35. The Balaban J connectivity index is 1.46. The highest BCUT2D eigenvalue weighted by Crippen LogP contribution is 2.36. The number of nitrogens with zero attached hydrogens (tertiary/aromatic N) is 3. The van der Waals surface area contributed by atoms with Crippen LogP contribution in [0.3, 0.4) is 0 Å². The normalized spacial score (nSPS) is 10.8. The van der Waals surface area contributed by atoms with E-state index in [1.54, 1.807) is 0 Å². The first-order valence-corrected chi connectivity index (χ1v) is 12.6. The predicted octanol–water partition coefficient (Wildman–Crippen LogP) is 5.13. The first kappa shape index (κ1) is 23.7. The van der Waals surface area contributed by atoms with Crippen LogP contribution in [0.2, 0.25) is 0 Å². The van der Waals surface area contributed by atoms with Crippen molar-refractivity contribution in [2.24, 2.45) is 0 Å². The largest absolute Gasteiger partial charge is 0.465 e. The van der Waals surface area contributed by atoms with E-state index >= 15 is 0 Å². The molecule has 4 rings (SSSR count). The molecule has 0 atom stereocenters. The van der Waals surface area contributed by atoms with Crippen molar-refractivity contribution in [3.05, 3.63) is 83.0 Å². The summed E-state index contributed by atoms with van der Waals surface area (Å²) < 4.78 is 7.00. The zero-order valence-electron chi connectivity index (χ0n) is 18.9. The van der Waals surface area contributed by atoms with Gasteiger partial charge in [0, 0.05) is 23.9 Å². The van der Waals surface area contributed by atoms with Gasteiger partial charge in [-0.3, -0.25) is 4.79 Å². The lowest BCUT2D eigenvalue weighted by Gasteiger charge is -2.09. The van der Waals surface area contributed by atoms with Gasteiger partial charge in [-0.2, -0.15) is 0 Å². The lowest BCUT2D eigenvalue weighted by atomic mass is 10.0. The quantitative estimate of drug-likeness (QED) is 0.257. The average Bonchev–Trinajstić information content (AvgIpc) is 3.47.